The molecule has 0 spiro atoms. The SMILES string of the molecule is CCCCCSCCOc1ccccc1CN. The zero-order chi connectivity index (χ0) is 12.3. The zero-order valence-electron chi connectivity index (χ0n) is 10.7. The number of nitrogens with two attached hydrogens (primary N) is 1. The van der Waals surface area contributed by atoms with Gasteiger partial charge in [-0.2, -0.15) is 11.8 Å². The van der Waals surface area contributed by atoms with E-state index in [0.717, 1.165) is 23.7 Å². The van der Waals surface area contributed by atoms with Crippen LogP contribution in [0.15, 0.2) is 24.3 Å². The summed E-state index contributed by atoms with van der Waals surface area (Å²) in [7, 11) is 0. The van der Waals surface area contributed by atoms with E-state index in [1.54, 1.807) is 0 Å². The molecule has 0 unspecified atom stereocenters. The number of hydrogen-bond donors (Lipinski definition) is 1. The molecule has 0 heterocycles. The van der Waals surface area contributed by atoms with Gasteiger partial charge in [-0.25, -0.2) is 0 Å². The van der Waals surface area contributed by atoms with Crippen molar-refractivity contribution < 1.29 is 4.74 Å². The molecule has 3 heteroatoms. The Balaban J connectivity index is 2.13. The lowest BCUT2D eigenvalue weighted by molar-refractivity contribution is 0.340. The number of thioether (sulfide) groups is 1. The molecular formula is C14H23NOS. The lowest BCUT2D eigenvalue weighted by atomic mass is 10.2. The maximum Gasteiger partial charge on any atom is 0.123 e. The van der Waals surface area contributed by atoms with E-state index in [1.165, 1.54) is 25.0 Å². The highest BCUT2D eigenvalue weighted by atomic mass is 32.2. The van der Waals surface area contributed by atoms with Crippen LogP contribution in [0.25, 0.3) is 0 Å². The normalized spacial score (nSPS) is 10.5. The van der Waals surface area contributed by atoms with E-state index in [1.807, 2.05) is 36.0 Å². The van der Waals surface area contributed by atoms with Gasteiger partial charge in [0.2, 0.25) is 0 Å². The molecule has 0 aliphatic carbocycles. The summed E-state index contributed by atoms with van der Waals surface area (Å²) in [5, 5.41) is 0. The van der Waals surface area contributed by atoms with E-state index in [0.29, 0.717) is 6.54 Å². The highest BCUT2D eigenvalue weighted by molar-refractivity contribution is 7.99. The second kappa shape index (κ2) is 9.37. The van der Waals surface area contributed by atoms with Crippen LogP contribution in [0, 0.1) is 0 Å². The first kappa shape index (κ1) is 14.4. The van der Waals surface area contributed by atoms with Gasteiger partial charge in [0, 0.05) is 17.9 Å². The van der Waals surface area contributed by atoms with Crippen LogP contribution in [0.1, 0.15) is 31.7 Å². The minimum absolute atomic E-state index is 0.541. The summed E-state index contributed by atoms with van der Waals surface area (Å²) in [6.07, 6.45) is 3.95. The lowest BCUT2D eigenvalue weighted by Gasteiger charge is -2.09. The monoisotopic (exact) mass is 253 g/mol. The van der Waals surface area contributed by atoms with Gasteiger partial charge in [0.05, 0.1) is 6.61 Å². The fourth-order valence-corrected chi connectivity index (χ4v) is 2.39. The van der Waals surface area contributed by atoms with Gasteiger partial charge >= 0.3 is 0 Å². The van der Waals surface area contributed by atoms with Gasteiger partial charge in [-0.1, -0.05) is 38.0 Å². The Morgan fingerprint density at radius 3 is 2.76 bits per heavy atom. The zero-order valence-corrected chi connectivity index (χ0v) is 11.5. The molecule has 0 radical (unpaired) electrons. The Morgan fingerprint density at radius 1 is 1.18 bits per heavy atom. The lowest BCUT2D eigenvalue weighted by Crippen LogP contribution is -2.05. The van der Waals surface area contributed by atoms with Gasteiger partial charge in [-0.3, -0.25) is 0 Å². The summed E-state index contributed by atoms with van der Waals surface area (Å²) >= 11 is 1.97. The predicted molar refractivity (Wildman–Crippen MR) is 76.7 cm³/mol. The van der Waals surface area contributed by atoms with Crippen molar-refractivity contribution in [2.45, 2.75) is 32.7 Å². The molecular weight excluding hydrogens is 230 g/mol. The number of benzene rings is 1. The van der Waals surface area contributed by atoms with E-state index >= 15 is 0 Å². The molecule has 1 rings (SSSR count). The van der Waals surface area contributed by atoms with Crippen LogP contribution in [-0.2, 0) is 6.54 Å². The standard InChI is InChI=1S/C14H23NOS/c1-2-3-6-10-17-11-9-16-14-8-5-4-7-13(14)12-15/h4-5,7-8H,2-3,6,9-12,15H2,1H3. The molecule has 0 aromatic heterocycles. The van der Waals surface area contributed by atoms with Gasteiger partial charge in [-0.05, 0) is 18.2 Å². The van der Waals surface area contributed by atoms with Crippen molar-refractivity contribution in [2.75, 3.05) is 18.1 Å². The summed E-state index contributed by atoms with van der Waals surface area (Å²) in [4.78, 5) is 0. The Bertz CT molecular complexity index is 304. The van der Waals surface area contributed by atoms with Gasteiger partial charge in [0.25, 0.3) is 0 Å². The van der Waals surface area contributed by atoms with E-state index in [9.17, 15) is 0 Å². The molecule has 17 heavy (non-hydrogen) atoms. The highest BCUT2D eigenvalue weighted by Gasteiger charge is 2.00. The molecule has 0 fully saturated rings. The molecule has 1 aromatic rings. The molecule has 0 atom stereocenters. The molecule has 0 saturated heterocycles. The molecule has 96 valence electrons. The topological polar surface area (TPSA) is 35.2 Å². The molecule has 1 aromatic carbocycles. The average molecular weight is 253 g/mol. The molecule has 0 aliphatic rings. The number of rotatable bonds is 9. The maximum absolute atomic E-state index is 5.73. The third kappa shape index (κ3) is 5.99. The fourth-order valence-electron chi connectivity index (χ4n) is 1.58. The molecule has 0 saturated carbocycles. The van der Waals surface area contributed by atoms with Crippen molar-refractivity contribution in [3.8, 4) is 5.75 Å². The van der Waals surface area contributed by atoms with Crippen molar-refractivity contribution in [1.29, 1.82) is 0 Å². The minimum Gasteiger partial charge on any atom is -0.492 e. The average Bonchev–Trinajstić information content (AvgIpc) is 2.38. The summed E-state index contributed by atoms with van der Waals surface area (Å²) in [5.74, 6) is 3.24. The number of hydrogen-bond acceptors (Lipinski definition) is 3. The van der Waals surface area contributed by atoms with E-state index in [-0.39, 0.29) is 0 Å². The third-order valence-electron chi connectivity index (χ3n) is 2.57. The number of para-hydroxylation sites is 1. The molecule has 2 nitrogen and oxygen atoms in total. The molecule has 0 bridgehead atoms. The smallest absolute Gasteiger partial charge is 0.123 e. The van der Waals surface area contributed by atoms with Crippen LogP contribution < -0.4 is 10.5 Å². The van der Waals surface area contributed by atoms with Gasteiger partial charge in [-0.15, -0.1) is 0 Å². The van der Waals surface area contributed by atoms with E-state index in [4.69, 9.17) is 10.5 Å². The summed E-state index contributed by atoms with van der Waals surface area (Å²) < 4.78 is 5.73. The van der Waals surface area contributed by atoms with Crippen molar-refractivity contribution in [3.63, 3.8) is 0 Å². The maximum atomic E-state index is 5.73. The summed E-state index contributed by atoms with van der Waals surface area (Å²) in [5.41, 5.74) is 6.74. The highest BCUT2D eigenvalue weighted by Crippen LogP contribution is 2.17. The van der Waals surface area contributed by atoms with Gasteiger partial charge < -0.3 is 10.5 Å². The van der Waals surface area contributed by atoms with Crippen molar-refractivity contribution in [1.82, 2.24) is 0 Å². The summed E-state index contributed by atoms with van der Waals surface area (Å²) in [6.45, 7) is 3.55. The third-order valence-corrected chi connectivity index (χ3v) is 3.60. The largest absolute Gasteiger partial charge is 0.492 e. The first-order valence-electron chi connectivity index (χ1n) is 6.37. The number of unbranched alkanes of at least 4 members (excludes halogenated alkanes) is 2. The van der Waals surface area contributed by atoms with Crippen LogP contribution in [0.2, 0.25) is 0 Å². The summed E-state index contributed by atoms with van der Waals surface area (Å²) in [6, 6.07) is 7.99. The minimum atomic E-state index is 0.541. The van der Waals surface area contributed by atoms with E-state index in [2.05, 4.69) is 6.92 Å². The quantitative estimate of drug-likeness (QED) is 0.685. The van der Waals surface area contributed by atoms with Crippen LogP contribution in [0.5, 0.6) is 5.75 Å². The predicted octanol–water partition coefficient (Wildman–Crippen LogP) is 3.45. The Kier molecular flexibility index (Phi) is 7.93. The van der Waals surface area contributed by atoms with Crippen LogP contribution in [0.4, 0.5) is 0 Å². The van der Waals surface area contributed by atoms with Crippen molar-refractivity contribution in [3.05, 3.63) is 29.8 Å². The van der Waals surface area contributed by atoms with Crippen LogP contribution in [0.3, 0.4) is 0 Å². The van der Waals surface area contributed by atoms with Gasteiger partial charge in [0.1, 0.15) is 5.75 Å². The molecule has 0 aliphatic heterocycles. The second-order valence-corrected chi connectivity index (χ2v) is 5.20. The van der Waals surface area contributed by atoms with Crippen LogP contribution >= 0.6 is 11.8 Å². The fraction of sp³-hybridized carbons (Fsp3) is 0.571. The first-order valence-corrected chi connectivity index (χ1v) is 7.52. The van der Waals surface area contributed by atoms with Crippen molar-refractivity contribution >= 4 is 11.8 Å². The molecule has 2 N–H and O–H groups in total. The van der Waals surface area contributed by atoms with Crippen LogP contribution in [-0.4, -0.2) is 18.1 Å². The Labute approximate surface area is 109 Å². The first-order chi connectivity index (χ1) is 8.38. The van der Waals surface area contributed by atoms with Gasteiger partial charge in [0.15, 0.2) is 0 Å². The molecule has 0 amide bonds. The Morgan fingerprint density at radius 2 is 2.00 bits per heavy atom. The Hall–Kier alpha value is -0.670. The van der Waals surface area contributed by atoms with E-state index < -0.39 is 0 Å². The van der Waals surface area contributed by atoms with Crippen molar-refractivity contribution in [2.24, 2.45) is 5.73 Å². The second-order valence-electron chi connectivity index (χ2n) is 3.98. The number of ether oxygens (including phenoxy) is 1.